The molecule has 1 heterocycles. The summed E-state index contributed by atoms with van der Waals surface area (Å²) in [6.07, 6.45) is 1.58. The number of rotatable bonds is 5. The fourth-order valence-electron chi connectivity index (χ4n) is 3.11. The summed E-state index contributed by atoms with van der Waals surface area (Å²) in [7, 11) is 3.15. The molecule has 4 rings (SSSR count). The van der Waals surface area contributed by atoms with Crippen molar-refractivity contribution in [2.75, 3.05) is 14.2 Å². The maximum atomic E-state index is 13.2. The minimum Gasteiger partial charge on any atom is -0.496 e. The molecule has 150 valence electrons. The Balaban J connectivity index is 1.92. The lowest BCUT2D eigenvalue weighted by Gasteiger charge is -2.11. The molecule has 0 saturated carbocycles. The third-order valence-electron chi connectivity index (χ3n) is 4.60. The molecule has 0 fully saturated rings. The minimum absolute atomic E-state index is 0.248. The van der Waals surface area contributed by atoms with Gasteiger partial charge in [0, 0.05) is 17.2 Å². The summed E-state index contributed by atoms with van der Waals surface area (Å²) < 4.78 is 12.8. The van der Waals surface area contributed by atoms with Crippen LogP contribution in [0.5, 0.6) is 11.5 Å². The van der Waals surface area contributed by atoms with E-state index < -0.39 is 0 Å². The van der Waals surface area contributed by atoms with Gasteiger partial charge in [0.2, 0.25) is 0 Å². The van der Waals surface area contributed by atoms with Gasteiger partial charge >= 0.3 is 0 Å². The zero-order valence-electron chi connectivity index (χ0n) is 16.4. The zero-order chi connectivity index (χ0) is 21.1. The highest BCUT2D eigenvalue weighted by Gasteiger charge is 2.13. The fourth-order valence-corrected chi connectivity index (χ4v) is 3.63. The number of hydrogen-bond donors (Lipinski definition) is 0. The van der Waals surface area contributed by atoms with Gasteiger partial charge in [-0.1, -0.05) is 42.5 Å². The van der Waals surface area contributed by atoms with E-state index >= 15 is 0 Å². The third-order valence-corrected chi connectivity index (χ3v) is 5.22. The number of methoxy groups -OCH3 is 2. The van der Waals surface area contributed by atoms with Crippen molar-refractivity contribution in [3.8, 4) is 22.9 Å². The van der Waals surface area contributed by atoms with Gasteiger partial charge in [0.1, 0.15) is 11.5 Å². The maximum Gasteiger partial charge on any atom is 0.282 e. The van der Waals surface area contributed by atoms with E-state index in [0.717, 1.165) is 10.0 Å². The standard InChI is InChI=1S/C23H18BrN3O3/c1-29-20-13-21(30-2)18(24)12-16(20)14-25-27-22(15-8-4-3-5-9-15)26-19-11-7-6-10-17(19)23(27)28/h3-14H,1-2H3. The second kappa shape index (κ2) is 8.51. The Kier molecular flexibility index (Phi) is 5.63. The molecule has 30 heavy (non-hydrogen) atoms. The van der Waals surface area contributed by atoms with E-state index in [0.29, 0.717) is 33.8 Å². The molecule has 0 saturated heterocycles. The summed E-state index contributed by atoms with van der Waals surface area (Å²) in [5.41, 5.74) is 1.85. The predicted octanol–water partition coefficient (Wildman–Crippen LogP) is 4.73. The van der Waals surface area contributed by atoms with Gasteiger partial charge in [-0.2, -0.15) is 9.78 Å². The molecule has 0 unspecified atom stereocenters. The Hall–Kier alpha value is -3.45. The fraction of sp³-hybridized carbons (Fsp3) is 0.0870. The van der Waals surface area contributed by atoms with E-state index in [-0.39, 0.29) is 5.56 Å². The van der Waals surface area contributed by atoms with Gasteiger partial charge in [0.25, 0.3) is 5.56 Å². The number of hydrogen-bond acceptors (Lipinski definition) is 5. The highest BCUT2D eigenvalue weighted by Crippen LogP contribution is 2.32. The number of aromatic nitrogens is 2. The van der Waals surface area contributed by atoms with Crippen molar-refractivity contribution in [2.45, 2.75) is 0 Å². The van der Waals surface area contributed by atoms with Gasteiger partial charge in [-0.15, -0.1) is 0 Å². The van der Waals surface area contributed by atoms with Crippen LogP contribution in [-0.2, 0) is 0 Å². The average molecular weight is 464 g/mol. The molecule has 0 aliphatic rings. The number of ether oxygens (including phenoxy) is 2. The largest absolute Gasteiger partial charge is 0.496 e. The van der Waals surface area contributed by atoms with Crippen LogP contribution in [0.2, 0.25) is 0 Å². The summed E-state index contributed by atoms with van der Waals surface area (Å²) in [6, 6.07) is 20.3. The normalized spacial score (nSPS) is 11.2. The molecule has 4 aromatic rings. The van der Waals surface area contributed by atoms with Crippen LogP contribution in [0.3, 0.4) is 0 Å². The van der Waals surface area contributed by atoms with Crippen molar-refractivity contribution in [1.82, 2.24) is 9.66 Å². The second-order valence-corrected chi connectivity index (χ2v) is 7.26. The lowest BCUT2D eigenvalue weighted by Crippen LogP contribution is -2.20. The molecule has 1 aromatic heterocycles. The number of benzene rings is 3. The first-order valence-electron chi connectivity index (χ1n) is 9.15. The van der Waals surface area contributed by atoms with Crippen LogP contribution in [0.1, 0.15) is 5.56 Å². The lowest BCUT2D eigenvalue weighted by atomic mass is 10.2. The Morgan fingerprint density at radius 1 is 0.967 bits per heavy atom. The Bertz CT molecular complexity index is 1300. The molecule has 0 bridgehead atoms. The minimum atomic E-state index is -0.248. The SMILES string of the molecule is COc1cc(OC)c(C=Nn2c(-c3ccccc3)nc3ccccc3c2=O)cc1Br. The van der Waals surface area contributed by atoms with Crippen molar-refractivity contribution in [1.29, 1.82) is 0 Å². The van der Waals surface area contributed by atoms with Gasteiger partial charge in [-0.3, -0.25) is 4.79 Å². The number of halogens is 1. The van der Waals surface area contributed by atoms with Crippen LogP contribution in [-0.4, -0.2) is 30.1 Å². The van der Waals surface area contributed by atoms with Gasteiger partial charge in [-0.05, 0) is 34.1 Å². The highest BCUT2D eigenvalue weighted by molar-refractivity contribution is 9.10. The second-order valence-electron chi connectivity index (χ2n) is 6.41. The molecule has 0 aliphatic carbocycles. The van der Waals surface area contributed by atoms with Crippen LogP contribution in [0, 0.1) is 0 Å². The lowest BCUT2D eigenvalue weighted by molar-refractivity contribution is 0.392. The average Bonchev–Trinajstić information content (AvgIpc) is 2.79. The topological polar surface area (TPSA) is 65.7 Å². The first kappa shape index (κ1) is 19.8. The molecular formula is C23H18BrN3O3. The first-order chi connectivity index (χ1) is 14.6. The van der Waals surface area contributed by atoms with Crippen LogP contribution in [0.4, 0.5) is 0 Å². The molecule has 0 radical (unpaired) electrons. The monoisotopic (exact) mass is 463 g/mol. The van der Waals surface area contributed by atoms with Gasteiger partial charge in [-0.25, -0.2) is 4.98 Å². The highest BCUT2D eigenvalue weighted by atomic mass is 79.9. The summed E-state index contributed by atoms with van der Waals surface area (Å²) in [6.45, 7) is 0. The molecule has 0 amide bonds. The Morgan fingerprint density at radius 3 is 2.40 bits per heavy atom. The first-order valence-corrected chi connectivity index (χ1v) is 9.94. The van der Waals surface area contributed by atoms with E-state index in [2.05, 4.69) is 21.0 Å². The smallest absolute Gasteiger partial charge is 0.282 e. The summed E-state index contributed by atoms with van der Waals surface area (Å²) in [5, 5.41) is 4.98. The molecule has 0 N–H and O–H groups in total. The van der Waals surface area contributed by atoms with Crippen LogP contribution in [0.15, 0.2) is 81.1 Å². The Morgan fingerprint density at radius 2 is 1.67 bits per heavy atom. The molecule has 7 heteroatoms. The van der Waals surface area contributed by atoms with E-state index in [1.807, 2.05) is 54.6 Å². The molecular weight excluding hydrogens is 446 g/mol. The summed E-state index contributed by atoms with van der Waals surface area (Å²) in [4.78, 5) is 17.9. The molecule has 0 spiro atoms. The predicted molar refractivity (Wildman–Crippen MR) is 122 cm³/mol. The van der Waals surface area contributed by atoms with Crippen molar-refractivity contribution in [3.63, 3.8) is 0 Å². The van der Waals surface area contributed by atoms with Crippen LogP contribution < -0.4 is 15.0 Å². The van der Waals surface area contributed by atoms with Crippen molar-refractivity contribution in [3.05, 3.63) is 87.1 Å². The Labute approximate surface area is 181 Å². The molecule has 3 aromatic carbocycles. The summed E-state index contributed by atoms with van der Waals surface area (Å²) >= 11 is 3.47. The zero-order valence-corrected chi connectivity index (χ0v) is 18.0. The molecule has 0 atom stereocenters. The quantitative estimate of drug-likeness (QED) is 0.401. The number of nitrogens with zero attached hydrogens (tertiary/aromatic N) is 3. The molecule has 0 aliphatic heterocycles. The van der Waals surface area contributed by atoms with E-state index in [9.17, 15) is 4.79 Å². The van der Waals surface area contributed by atoms with Crippen molar-refractivity contribution in [2.24, 2.45) is 5.10 Å². The number of para-hydroxylation sites is 1. The van der Waals surface area contributed by atoms with E-state index in [4.69, 9.17) is 14.5 Å². The number of fused-ring (bicyclic) bond motifs is 1. The van der Waals surface area contributed by atoms with Crippen molar-refractivity contribution < 1.29 is 9.47 Å². The van der Waals surface area contributed by atoms with Crippen LogP contribution >= 0.6 is 15.9 Å². The van der Waals surface area contributed by atoms with E-state index in [1.165, 1.54) is 4.68 Å². The maximum absolute atomic E-state index is 13.2. The molecule has 6 nitrogen and oxygen atoms in total. The van der Waals surface area contributed by atoms with Gasteiger partial charge in [0.15, 0.2) is 5.82 Å². The van der Waals surface area contributed by atoms with Gasteiger partial charge in [0.05, 0.1) is 35.8 Å². The van der Waals surface area contributed by atoms with Crippen molar-refractivity contribution >= 4 is 33.0 Å². The summed E-state index contributed by atoms with van der Waals surface area (Å²) in [5.74, 6) is 1.67. The van der Waals surface area contributed by atoms with Gasteiger partial charge < -0.3 is 9.47 Å². The third kappa shape index (κ3) is 3.71. The van der Waals surface area contributed by atoms with E-state index in [1.54, 1.807) is 32.6 Å². The van der Waals surface area contributed by atoms with Crippen LogP contribution in [0.25, 0.3) is 22.3 Å².